The van der Waals surface area contributed by atoms with Gasteiger partial charge in [0.1, 0.15) is 0 Å². The van der Waals surface area contributed by atoms with Gasteiger partial charge in [-0.3, -0.25) is 18.9 Å². The molecule has 0 aromatic carbocycles. The van der Waals surface area contributed by atoms with Crippen LogP contribution in [0.1, 0.15) is 79.7 Å². The molecule has 0 amide bonds. The van der Waals surface area contributed by atoms with Crippen LogP contribution in [0.4, 0.5) is 0 Å². The molecule has 1 heterocycles. The number of aromatic nitrogens is 2. The van der Waals surface area contributed by atoms with Crippen LogP contribution in [0.15, 0.2) is 21.9 Å². The maximum Gasteiger partial charge on any atom is 0.359 e. The number of nitrogens with zero attached hydrogens (tertiary/aromatic N) is 1. The maximum atomic E-state index is 12.9. The molecule has 0 spiro atoms. The SMILES string of the molecule is CCC(CC)(CC1CC(n2ccc(=O)[nH]c2=O)C(C)C1C)OP(=O)(O)C(C)(O)CC. The van der Waals surface area contributed by atoms with Gasteiger partial charge in [0, 0.05) is 18.3 Å². The smallest absolute Gasteiger partial charge is 0.359 e. The standard InChI is InChI=1S/C21H37N2O6P/c1-7-20(6,26)30(27,28)29-21(8-2,9-3)13-16-12-17(15(5)14(16)4)23-11-10-18(24)22-19(23)25/h10-11,14-17,26H,7-9,12-13H2,1-6H3,(H,27,28)(H,22,24,25). The van der Waals surface area contributed by atoms with Crippen molar-refractivity contribution in [3.63, 3.8) is 0 Å². The molecule has 1 saturated carbocycles. The number of H-pyrrole nitrogens is 1. The predicted octanol–water partition coefficient (Wildman–Crippen LogP) is 3.64. The van der Waals surface area contributed by atoms with Crippen molar-refractivity contribution in [3.8, 4) is 0 Å². The van der Waals surface area contributed by atoms with Crippen LogP contribution in [0, 0.1) is 17.8 Å². The Hall–Kier alpha value is -1.21. The van der Waals surface area contributed by atoms with E-state index >= 15 is 0 Å². The van der Waals surface area contributed by atoms with Crippen molar-refractivity contribution in [2.75, 3.05) is 0 Å². The summed E-state index contributed by atoms with van der Waals surface area (Å²) in [5, 5.41) is 8.60. The van der Waals surface area contributed by atoms with Gasteiger partial charge in [0.2, 0.25) is 0 Å². The molecule has 0 bridgehead atoms. The predicted molar refractivity (Wildman–Crippen MR) is 117 cm³/mol. The number of nitrogens with one attached hydrogen (secondary N) is 1. The summed E-state index contributed by atoms with van der Waals surface area (Å²) >= 11 is 0. The van der Waals surface area contributed by atoms with E-state index in [4.69, 9.17) is 4.52 Å². The molecule has 0 saturated heterocycles. The van der Waals surface area contributed by atoms with Crippen molar-refractivity contribution in [1.82, 2.24) is 9.55 Å². The highest BCUT2D eigenvalue weighted by molar-refractivity contribution is 7.54. The van der Waals surface area contributed by atoms with Gasteiger partial charge < -0.3 is 14.5 Å². The van der Waals surface area contributed by atoms with Crippen LogP contribution in [-0.4, -0.2) is 30.5 Å². The Morgan fingerprint density at radius 3 is 2.30 bits per heavy atom. The summed E-state index contributed by atoms with van der Waals surface area (Å²) in [6.45, 7) is 11.1. The van der Waals surface area contributed by atoms with Gasteiger partial charge in [0.05, 0.1) is 5.60 Å². The number of aliphatic hydroxyl groups is 1. The summed E-state index contributed by atoms with van der Waals surface area (Å²) in [6, 6.07) is 1.28. The molecule has 6 unspecified atom stereocenters. The molecule has 8 nitrogen and oxygen atoms in total. The Bertz CT molecular complexity index is 888. The van der Waals surface area contributed by atoms with E-state index < -0.39 is 29.8 Å². The monoisotopic (exact) mass is 444 g/mol. The molecule has 1 fully saturated rings. The van der Waals surface area contributed by atoms with Crippen LogP contribution in [0.2, 0.25) is 0 Å². The topological polar surface area (TPSA) is 122 Å². The van der Waals surface area contributed by atoms with Crippen LogP contribution < -0.4 is 11.2 Å². The molecule has 3 N–H and O–H groups in total. The highest BCUT2D eigenvalue weighted by Crippen LogP contribution is 2.60. The zero-order valence-electron chi connectivity index (χ0n) is 18.9. The molecule has 172 valence electrons. The number of rotatable bonds is 9. The quantitative estimate of drug-likeness (QED) is 0.500. The molecule has 1 aromatic rings. The van der Waals surface area contributed by atoms with Gasteiger partial charge in [-0.15, -0.1) is 0 Å². The number of aromatic amines is 1. The minimum atomic E-state index is -4.27. The van der Waals surface area contributed by atoms with E-state index in [1.54, 1.807) is 17.7 Å². The van der Waals surface area contributed by atoms with E-state index in [1.807, 2.05) is 13.8 Å². The lowest BCUT2D eigenvalue weighted by atomic mass is 9.81. The van der Waals surface area contributed by atoms with E-state index in [-0.39, 0.29) is 30.2 Å². The molecule has 0 aliphatic heterocycles. The van der Waals surface area contributed by atoms with Crippen molar-refractivity contribution >= 4 is 7.60 Å². The molecule has 1 aliphatic rings. The second-order valence-electron chi connectivity index (χ2n) is 9.08. The Labute approximate surface area is 178 Å². The van der Waals surface area contributed by atoms with Crippen molar-refractivity contribution < 1.29 is 19.1 Å². The molecule has 6 atom stereocenters. The van der Waals surface area contributed by atoms with Gasteiger partial charge in [0.15, 0.2) is 5.34 Å². The second-order valence-corrected chi connectivity index (χ2v) is 11.3. The summed E-state index contributed by atoms with van der Waals surface area (Å²) in [5.74, 6) is 0.597. The van der Waals surface area contributed by atoms with Crippen molar-refractivity contribution in [3.05, 3.63) is 33.1 Å². The highest BCUT2D eigenvalue weighted by atomic mass is 31.2. The van der Waals surface area contributed by atoms with Gasteiger partial charge in [0.25, 0.3) is 5.56 Å². The molecule has 1 aromatic heterocycles. The van der Waals surface area contributed by atoms with E-state index in [0.717, 1.165) is 0 Å². The lowest BCUT2D eigenvalue weighted by molar-refractivity contribution is -0.00752. The minimum absolute atomic E-state index is 0.0690. The van der Waals surface area contributed by atoms with Gasteiger partial charge in [-0.05, 0) is 56.8 Å². The third kappa shape index (κ3) is 4.82. The molecule has 1 aliphatic carbocycles. The Balaban J connectivity index is 2.30. The summed E-state index contributed by atoms with van der Waals surface area (Å²) in [7, 11) is -4.27. The van der Waals surface area contributed by atoms with Crippen LogP contribution in [0.5, 0.6) is 0 Å². The summed E-state index contributed by atoms with van der Waals surface area (Å²) in [5.41, 5.74) is -1.68. The molecule has 9 heteroatoms. The zero-order chi connectivity index (χ0) is 22.9. The molecular formula is C21H37N2O6P. The summed E-state index contributed by atoms with van der Waals surface area (Å²) in [6.07, 6.45) is 3.99. The first-order valence-electron chi connectivity index (χ1n) is 10.9. The lowest BCUT2D eigenvalue weighted by Crippen LogP contribution is -2.37. The lowest BCUT2D eigenvalue weighted by Gasteiger charge is -2.40. The first-order chi connectivity index (χ1) is 13.8. The first-order valence-corrected chi connectivity index (χ1v) is 12.5. The highest BCUT2D eigenvalue weighted by Gasteiger charge is 2.49. The fourth-order valence-electron chi connectivity index (χ4n) is 4.59. The third-order valence-electron chi connectivity index (χ3n) is 7.45. The van der Waals surface area contributed by atoms with E-state index in [0.29, 0.717) is 25.7 Å². The third-order valence-corrected chi connectivity index (χ3v) is 9.62. The molecular weight excluding hydrogens is 407 g/mol. The average Bonchev–Trinajstić information content (AvgIpc) is 2.95. The Morgan fingerprint density at radius 2 is 1.80 bits per heavy atom. The van der Waals surface area contributed by atoms with Crippen LogP contribution in [0.25, 0.3) is 0 Å². The van der Waals surface area contributed by atoms with E-state index in [1.165, 1.54) is 13.0 Å². The first kappa shape index (κ1) is 25.1. The van der Waals surface area contributed by atoms with Crippen molar-refractivity contribution in [1.29, 1.82) is 0 Å². The van der Waals surface area contributed by atoms with E-state index in [9.17, 15) is 24.2 Å². The average molecular weight is 445 g/mol. The second kappa shape index (κ2) is 9.11. The van der Waals surface area contributed by atoms with Gasteiger partial charge in [-0.2, -0.15) is 0 Å². The largest absolute Gasteiger partial charge is 0.378 e. The van der Waals surface area contributed by atoms with E-state index in [2.05, 4.69) is 18.8 Å². The number of hydrogen-bond acceptors (Lipinski definition) is 5. The fraction of sp³-hybridized carbons (Fsp3) is 0.810. The van der Waals surface area contributed by atoms with Crippen molar-refractivity contribution in [2.24, 2.45) is 17.8 Å². The van der Waals surface area contributed by atoms with Gasteiger partial charge in [-0.1, -0.05) is 34.6 Å². The van der Waals surface area contributed by atoms with Gasteiger partial charge in [-0.25, -0.2) is 4.79 Å². The summed E-state index contributed by atoms with van der Waals surface area (Å²) < 4.78 is 20.3. The number of hydrogen-bond donors (Lipinski definition) is 3. The molecule has 30 heavy (non-hydrogen) atoms. The molecule has 0 radical (unpaired) electrons. The Morgan fingerprint density at radius 1 is 1.20 bits per heavy atom. The fourth-order valence-corrected chi connectivity index (χ4v) is 6.04. The maximum absolute atomic E-state index is 12.9. The molecule has 2 rings (SSSR count). The zero-order valence-corrected chi connectivity index (χ0v) is 19.8. The normalized spacial score (nSPS) is 28.8. The van der Waals surface area contributed by atoms with Gasteiger partial charge >= 0.3 is 13.3 Å². The van der Waals surface area contributed by atoms with Crippen LogP contribution >= 0.6 is 7.60 Å². The Kier molecular flexibility index (Phi) is 7.61. The van der Waals surface area contributed by atoms with Crippen LogP contribution in [-0.2, 0) is 9.09 Å². The minimum Gasteiger partial charge on any atom is -0.378 e. The van der Waals surface area contributed by atoms with Crippen LogP contribution in [0.3, 0.4) is 0 Å². The van der Waals surface area contributed by atoms with Crippen molar-refractivity contribution in [2.45, 2.75) is 90.6 Å². The summed E-state index contributed by atoms with van der Waals surface area (Å²) in [4.78, 5) is 36.6.